The number of aliphatic imine (C=N–C) groups is 1. The zero-order valence-electron chi connectivity index (χ0n) is 15.1. The minimum absolute atomic E-state index is 0.865. The van der Waals surface area contributed by atoms with Gasteiger partial charge in [-0.2, -0.15) is 0 Å². The Kier molecular flexibility index (Phi) is 3.75. The van der Waals surface area contributed by atoms with Crippen LogP contribution >= 0.6 is 0 Å². The highest BCUT2D eigenvalue weighted by atomic mass is 16.5. The first kappa shape index (κ1) is 15.8. The molecule has 2 nitrogen and oxygen atoms in total. The van der Waals surface area contributed by atoms with Crippen molar-refractivity contribution in [3.63, 3.8) is 0 Å². The monoisotopic (exact) mass is 349 g/mol. The second-order valence-corrected chi connectivity index (χ2v) is 6.77. The molecular weight excluding hydrogens is 330 g/mol. The number of methoxy groups -OCH3 is 1. The lowest BCUT2D eigenvalue weighted by molar-refractivity contribution is 0.415. The van der Waals surface area contributed by atoms with Crippen LogP contribution in [0.5, 0.6) is 5.75 Å². The van der Waals surface area contributed by atoms with E-state index in [1.54, 1.807) is 7.11 Å². The smallest absolute Gasteiger partial charge is 0.118 e. The first-order valence-corrected chi connectivity index (χ1v) is 9.16. The number of para-hydroxylation sites is 1. The topological polar surface area (TPSA) is 21.6 Å². The number of hydrogen-bond donors (Lipinski definition) is 0. The van der Waals surface area contributed by atoms with Gasteiger partial charge < -0.3 is 4.74 Å². The normalized spacial score (nSPS) is 16.0. The zero-order chi connectivity index (χ0) is 18.2. The third-order valence-corrected chi connectivity index (χ3v) is 5.28. The van der Waals surface area contributed by atoms with Gasteiger partial charge in [-0.1, -0.05) is 60.7 Å². The number of benzene rings is 3. The van der Waals surface area contributed by atoms with Gasteiger partial charge in [0.05, 0.1) is 12.8 Å². The molecule has 5 rings (SSSR count). The van der Waals surface area contributed by atoms with Crippen molar-refractivity contribution in [1.29, 1.82) is 0 Å². The number of rotatable bonds is 3. The molecule has 0 saturated heterocycles. The van der Waals surface area contributed by atoms with Gasteiger partial charge in [-0.25, -0.2) is 0 Å². The van der Waals surface area contributed by atoms with Crippen molar-refractivity contribution >= 4 is 28.6 Å². The van der Waals surface area contributed by atoms with Crippen molar-refractivity contribution in [3.05, 3.63) is 101 Å². The molecule has 3 aromatic rings. The van der Waals surface area contributed by atoms with E-state index in [-0.39, 0.29) is 0 Å². The van der Waals surface area contributed by atoms with Gasteiger partial charge in [0.25, 0.3) is 0 Å². The van der Waals surface area contributed by atoms with E-state index in [9.17, 15) is 0 Å². The van der Waals surface area contributed by atoms with Gasteiger partial charge in [0.2, 0.25) is 0 Å². The van der Waals surface area contributed by atoms with E-state index >= 15 is 0 Å². The number of fused-ring (bicyclic) bond motifs is 2. The van der Waals surface area contributed by atoms with Crippen molar-refractivity contribution in [1.82, 2.24) is 0 Å². The van der Waals surface area contributed by atoms with Crippen molar-refractivity contribution in [3.8, 4) is 5.75 Å². The molecule has 0 fully saturated rings. The number of hydrogen-bond acceptors (Lipinski definition) is 2. The summed E-state index contributed by atoms with van der Waals surface area (Å²) in [6, 6.07) is 25.3. The van der Waals surface area contributed by atoms with Crippen molar-refractivity contribution < 1.29 is 4.74 Å². The van der Waals surface area contributed by atoms with Gasteiger partial charge in [0.1, 0.15) is 5.75 Å². The van der Waals surface area contributed by atoms with Crippen molar-refractivity contribution in [2.75, 3.05) is 7.11 Å². The Hall–Kier alpha value is -3.39. The predicted octanol–water partition coefficient (Wildman–Crippen LogP) is 5.96. The highest BCUT2D eigenvalue weighted by Gasteiger charge is 2.24. The van der Waals surface area contributed by atoms with Crippen LogP contribution in [-0.2, 0) is 6.42 Å². The number of allylic oxidation sites excluding steroid dienone is 4. The average Bonchev–Trinajstić information content (AvgIpc) is 3.34. The largest absolute Gasteiger partial charge is 0.497 e. The predicted molar refractivity (Wildman–Crippen MR) is 113 cm³/mol. The maximum atomic E-state index is 5.36. The zero-order valence-corrected chi connectivity index (χ0v) is 15.1. The van der Waals surface area contributed by atoms with Crippen LogP contribution in [-0.4, -0.2) is 13.3 Å². The van der Waals surface area contributed by atoms with E-state index in [2.05, 4.69) is 65.7 Å². The molecule has 130 valence electrons. The molecule has 0 atom stereocenters. The molecule has 0 spiro atoms. The lowest BCUT2D eigenvalue weighted by Crippen LogP contribution is -1.95. The van der Waals surface area contributed by atoms with Gasteiger partial charge >= 0.3 is 0 Å². The highest BCUT2D eigenvalue weighted by Crippen LogP contribution is 2.44. The molecule has 1 heterocycles. The molecule has 3 aromatic carbocycles. The maximum Gasteiger partial charge on any atom is 0.118 e. The van der Waals surface area contributed by atoms with Crippen LogP contribution < -0.4 is 4.74 Å². The Labute approximate surface area is 159 Å². The lowest BCUT2D eigenvalue weighted by Gasteiger charge is -2.15. The molecular formula is C25H19NO. The molecule has 0 amide bonds. The summed E-state index contributed by atoms with van der Waals surface area (Å²) in [6.45, 7) is 0. The van der Waals surface area contributed by atoms with E-state index in [4.69, 9.17) is 4.74 Å². The second-order valence-electron chi connectivity index (χ2n) is 6.77. The summed E-state index contributed by atoms with van der Waals surface area (Å²) < 4.78 is 5.36. The van der Waals surface area contributed by atoms with E-state index in [1.165, 1.54) is 39.0 Å². The summed E-state index contributed by atoms with van der Waals surface area (Å²) in [5.41, 5.74) is 9.79. The molecule has 0 radical (unpaired) electrons. The molecule has 2 heteroatoms. The summed E-state index contributed by atoms with van der Waals surface area (Å²) in [7, 11) is 1.70. The van der Waals surface area contributed by atoms with E-state index in [1.807, 2.05) is 24.4 Å². The second kappa shape index (κ2) is 6.40. The van der Waals surface area contributed by atoms with Gasteiger partial charge in [-0.3, -0.25) is 4.99 Å². The molecule has 0 aromatic heterocycles. The summed E-state index contributed by atoms with van der Waals surface area (Å²) in [4.78, 5) is 4.65. The molecule has 0 saturated carbocycles. The SMILES string of the molecule is COc1ccc(C(C2=CCc3ccccc32)=C2C=Nc3ccccc32)cc1. The van der Waals surface area contributed by atoms with E-state index in [0.29, 0.717) is 0 Å². The standard InChI is InChI=1S/C25H19NO/c1-27-19-13-10-18(11-14-19)25(22-15-12-17-6-2-3-7-20(17)22)23-16-26-24-9-5-4-8-21(23)24/h2-11,13-16H,12H2,1H3. The van der Waals surface area contributed by atoms with Gasteiger partial charge in [0, 0.05) is 17.4 Å². The lowest BCUT2D eigenvalue weighted by atomic mass is 9.87. The first-order valence-electron chi connectivity index (χ1n) is 9.16. The summed E-state index contributed by atoms with van der Waals surface area (Å²) in [5, 5.41) is 0. The first-order chi connectivity index (χ1) is 13.3. The quantitative estimate of drug-likeness (QED) is 0.571. The van der Waals surface area contributed by atoms with Gasteiger partial charge in [-0.05, 0) is 52.5 Å². The van der Waals surface area contributed by atoms with Gasteiger partial charge in [-0.15, -0.1) is 0 Å². The van der Waals surface area contributed by atoms with Crippen LogP contribution in [0.4, 0.5) is 5.69 Å². The molecule has 27 heavy (non-hydrogen) atoms. The Morgan fingerprint density at radius 2 is 1.59 bits per heavy atom. The fraction of sp³-hybridized carbons (Fsp3) is 0.0800. The van der Waals surface area contributed by atoms with Crippen LogP contribution in [0.3, 0.4) is 0 Å². The third kappa shape index (κ3) is 2.61. The van der Waals surface area contributed by atoms with Crippen LogP contribution in [0.25, 0.3) is 16.7 Å². The van der Waals surface area contributed by atoms with Crippen LogP contribution in [0.1, 0.15) is 22.3 Å². The minimum atomic E-state index is 0.865. The summed E-state index contributed by atoms with van der Waals surface area (Å²) in [6.07, 6.45) is 5.31. The average molecular weight is 349 g/mol. The van der Waals surface area contributed by atoms with E-state index in [0.717, 1.165) is 17.9 Å². The van der Waals surface area contributed by atoms with Crippen molar-refractivity contribution in [2.24, 2.45) is 4.99 Å². The van der Waals surface area contributed by atoms with E-state index < -0.39 is 0 Å². The Balaban J connectivity index is 1.75. The maximum absolute atomic E-state index is 5.36. The number of ether oxygens (including phenoxy) is 1. The molecule has 0 N–H and O–H groups in total. The van der Waals surface area contributed by atoms with Crippen LogP contribution in [0, 0.1) is 0 Å². The highest BCUT2D eigenvalue weighted by molar-refractivity contribution is 6.32. The molecule has 1 aliphatic carbocycles. The Morgan fingerprint density at radius 3 is 2.41 bits per heavy atom. The summed E-state index contributed by atoms with van der Waals surface area (Å²) in [5.74, 6) is 0.865. The Morgan fingerprint density at radius 1 is 0.852 bits per heavy atom. The molecule has 1 aliphatic heterocycles. The van der Waals surface area contributed by atoms with Gasteiger partial charge in [0.15, 0.2) is 0 Å². The molecule has 2 aliphatic rings. The fourth-order valence-corrected chi connectivity index (χ4v) is 3.95. The third-order valence-electron chi connectivity index (χ3n) is 5.28. The Bertz CT molecular complexity index is 1120. The summed E-state index contributed by atoms with van der Waals surface area (Å²) >= 11 is 0. The fourth-order valence-electron chi connectivity index (χ4n) is 3.95. The number of nitrogens with zero attached hydrogens (tertiary/aromatic N) is 1. The minimum Gasteiger partial charge on any atom is -0.497 e. The van der Waals surface area contributed by atoms with Crippen LogP contribution in [0.15, 0.2) is 83.9 Å². The van der Waals surface area contributed by atoms with Crippen LogP contribution in [0.2, 0.25) is 0 Å². The van der Waals surface area contributed by atoms with Crippen molar-refractivity contribution in [2.45, 2.75) is 6.42 Å². The molecule has 0 unspecified atom stereocenters. The molecule has 0 bridgehead atoms.